The Morgan fingerprint density at radius 2 is 1.70 bits per heavy atom. The van der Waals surface area contributed by atoms with E-state index in [1.54, 1.807) is 35.7 Å². The van der Waals surface area contributed by atoms with Gasteiger partial charge in [-0.15, -0.1) is 11.3 Å². The van der Waals surface area contributed by atoms with Crippen LogP contribution in [0.25, 0.3) is 15.9 Å². The predicted octanol–water partition coefficient (Wildman–Crippen LogP) is 4.23. The molecule has 0 saturated heterocycles. The van der Waals surface area contributed by atoms with E-state index in [0.717, 1.165) is 20.2 Å². The smallest absolute Gasteiger partial charge is 0.325 e. The number of carbonyl (C=O) groups excluding carboxylic acids is 1. The van der Waals surface area contributed by atoms with E-state index in [-0.39, 0.29) is 18.0 Å². The van der Waals surface area contributed by atoms with Crippen LogP contribution in [0.4, 0.5) is 5.69 Å². The van der Waals surface area contributed by atoms with Crippen LogP contribution in [-0.2, 0) is 11.3 Å². The number of halogens is 1. The van der Waals surface area contributed by atoms with Crippen molar-refractivity contribution in [2.24, 2.45) is 0 Å². The molecule has 152 valence electrons. The normalized spacial score (nSPS) is 11.0. The Labute approximate surface area is 184 Å². The number of benzene rings is 2. The summed E-state index contributed by atoms with van der Waals surface area (Å²) in [5, 5.41) is 4.54. The molecule has 0 fully saturated rings. The number of rotatable bonds is 4. The number of aromatic nitrogens is 2. The maximum Gasteiger partial charge on any atom is 0.336 e. The van der Waals surface area contributed by atoms with E-state index in [2.05, 4.69) is 21.2 Å². The predicted molar refractivity (Wildman–Crippen MR) is 124 cm³/mol. The Morgan fingerprint density at radius 1 is 1.03 bits per heavy atom. The molecule has 2 aromatic heterocycles. The van der Waals surface area contributed by atoms with Crippen LogP contribution >= 0.6 is 27.3 Å². The number of aryl methyl sites for hydroxylation is 2. The number of anilines is 1. The molecule has 0 radical (unpaired) electrons. The third kappa shape index (κ3) is 3.88. The summed E-state index contributed by atoms with van der Waals surface area (Å²) < 4.78 is 3.83. The fourth-order valence-electron chi connectivity index (χ4n) is 3.42. The number of nitrogens with zero attached hydrogens (tertiary/aromatic N) is 2. The molecule has 8 heteroatoms. The summed E-state index contributed by atoms with van der Waals surface area (Å²) in [5.41, 5.74) is 2.56. The third-order valence-corrected chi connectivity index (χ3v) is 6.07. The number of hydrogen-bond donors (Lipinski definition) is 1. The second kappa shape index (κ2) is 8.04. The Hall–Kier alpha value is -2.97. The highest BCUT2D eigenvalue weighted by Gasteiger charge is 2.18. The van der Waals surface area contributed by atoms with Crippen LogP contribution in [0.15, 0.2) is 68.0 Å². The van der Waals surface area contributed by atoms with Crippen molar-refractivity contribution in [3.8, 4) is 5.69 Å². The summed E-state index contributed by atoms with van der Waals surface area (Å²) in [4.78, 5) is 39.0. The number of carbonyl (C=O) groups is 1. The van der Waals surface area contributed by atoms with Crippen LogP contribution in [0.5, 0.6) is 0 Å². The zero-order chi connectivity index (χ0) is 21.4. The van der Waals surface area contributed by atoms with E-state index in [9.17, 15) is 14.4 Å². The van der Waals surface area contributed by atoms with Crippen LogP contribution in [0.1, 0.15) is 11.1 Å². The molecule has 4 rings (SSSR count). The lowest BCUT2D eigenvalue weighted by atomic mass is 10.1. The van der Waals surface area contributed by atoms with Crippen LogP contribution < -0.4 is 16.6 Å². The Bertz CT molecular complexity index is 1360. The molecule has 6 nitrogen and oxygen atoms in total. The lowest BCUT2D eigenvalue weighted by molar-refractivity contribution is -0.116. The largest absolute Gasteiger partial charge is 0.336 e. The molecule has 1 N–H and O–H groups in total. The van der Waals surface area contributed by atoms with Gasteiger partial charge in [-0.1, -0.05) is 22.0 Å². The lowest BCUT2D eigenvalue weighted by Gasteiger charge is -2.13. The zero-order valence-electron chi connectivity index (χ0n) is 16.3. The molecule has 0 aliphatic carbocycles. The number of thiophene rings is 1. The summed E-state index contributed by atoms with van der Waals surface area (Å²) in [6.07, 6.45) is 0. The second-order valence-corrected chi connectivity index (χ2v) is 8.88. The van der Waals surface area contributed by atoms with Gasteiger partial charge < -0.3 is 5.32 Å². The van der Waals surface area contributed by atoms with Crippen molar-refractivity contribution in [1.29, 1.82) is 0 Å². The van der Waals surface area contributed by atoms with E-state index >= 15 is 0 Å². The van der Waals surface area contributed by atoms with E-state index in [4.69, 9.17) is 0 Å². The second-order valence-electron chi connectivity index (χ2n) is 7.05. The molecule has 4 aromatic rings. The molecular weight excluding hydrogens is 466 g/mol. The van der Waals surface area contributed by atoms with E-state index in [1.165, 1.54) is 15.9 Å². The van der Waals surface area contributed by atoms with Crippen LogP contribution in [0, 0.1) is 13.8 Å². The minimum atomic E-state index is -0.540. The molecule has 2 aromatic carbocycles. The number of hydrogen-bond acceptors (Lipinski definition) is 4. The molecule has 0 unspecified atom stereocenters. The summed E-state index contributed by atoms with van der Waals surface area (Å²) >= 11 is 4.61. The van der Waals surface area contributed by atoms with Crippen LogP contribution in [0.3, 0.4) is 0 Å². The molecule has 0 saturated carbocycles. The van der Waals surface area contributed by atoms with Crippen molar-refractivity contribution in [2.45, 2.75) is 20.4 Å². The summed E-state index contributed by atoms with van der Waals surface area (Å²) in [6.45, 7) is 3.62. The molecular formula is C22H18BrN3O3S. The Balaban J connectivity index is 1.81. The van der Waals surface area contributed by atoms with Crippen molar-refractivity contribution in [1.82, 2.24) is 9.13 Å². The van der Waals surface area contributed by atoms with Gasteiger partial charge in [0.05, 0.1) is 11.2 Å². The Morgan fingerprint density at radius 3 is 2.37 bits per heavy atom. The average Bonchev–Trinajstić information content (AvgIpc) is 3.16. The Kier molecular flexibility index (Phi) is 5.44. The molecule has 0 aliphatic rings. The minimum absolute atomic E-state index is 0.201. The monoisotopic (exact) mass is 483 g/mol. The van der Waals surface area contributed by atoms with Crippen molar-refractivity contribution >= 4 is 49.1 Å². The minimum Gasteiger partial charge on any atom is -0.325 e. The highest BCUT2D eigenvalue weighted by atomic mass is 79.9. The van der Waals surface area contributed by atoms with Crippen LogP contribution in [-0.4, -0.2) is 15.0 Å². The molecule has 0 atom stereocenters. The summed E-state index contributed by atoms with van der Waals surface area (Å²) in [7, 11) is 0. The van der Waals surface area contributed by atoms with Crippen LogP contribution in [0.2, 0.25) is 0 Å². The van der Waals surface area contributed by atoms with E-state index < -0.39 is 5.69 Å². The summed E-state index contributed by atoms with van der Waals surface area (Å²) in [6, 6.07) is 14.4. The number of fused-ring (bicyclic) bond motifs is 1. The lowest BCUT2D eigenvalue weighted by Crippen LogP contribution is -2.40. The topological polar surface area (TPSA) is 73.1 Å². The average molecular weight is 484 g/mol. The molecule has 1 amide bonds. The van der Waals surface area contributed by atoms with Gasteiger partial charge in [-0.3, -0.25) is 14.2 Å². The molecule has 0 spiro atoms. The van der Waals surface area contributed by atoms with E-state index in [0.29, 0.717) is 21.6 Å². The molecule has 2 heterocycles. The van der Waals surface area contributed by atoms with Crippen molar-refractivity contribution in [3.63, 3.8) is 0 Å². The SMILES string of the molecule is Cc1cc(C)cc(-n2c(=O)c3sccc3n(CC(=O)Nc3ccc(Br)cc3)c2=O)c1. The van der Waals surface area contributed by atoms with Gasteiger partial charge in [0.2, 0.25) is 5.91 Å². The first-order valence-electron chi connectivity index (χ1n) is 9.20. The fourth-order valence-corrected chi connectivity index (χ4v) is 4.51. The molecule has 0 aliphatic heterocycles. The van der Waals surface area contributed by atoms with Crippen molar-refractivity contribution in [2.75, 3.05) is 5.32 Å². The maximum atomic E-state index is 13.3. The van der Waals surface area contributed by atoms with Crippen molar-refractivity contribution in [3.05, 3.63) is 90.3 Å². The first-order valence-corrected chi connectivity index (χ1v) is 10.9. The summed E-state index contributed by atoms with van der Waals surface area (Å²) in [5.74, 6) is -0.349. The van der Waals surface area contributed by atoms with E-state index in [1.807, 2.05) is 32.0 Å². The molecule has 0 bridgehead atoms. The van der Waals surface area contributed by atoms with Gasteiger partial charge >= 0.3 is 5.69 Å². The standard InChI is InChI=1S/C22H18BrN3O3S/c1-13-9-14(2)11-17(10-13)26-21(28)20-18(7-8-30-20)25(22(26)29)12-19(27)24-16-5-3-15(23)4-6-16/h3-11H,12H2,1-2H3,(H,24,27). The van der Waals surface area contributed by atoms with Gasteiger partial charge in [0.1, 0.15) is 11.2 Å². The number of amides is 1. The highest BCUT2D eigenvalue weighted by molar-refractivity contribution is 9.10. The fraction of sp³-hybridized carbons (Fsp3) is 0.136. The molecule has 30 heavy (non-hydrogen) atoms. The zero-order valence-corrected chi connectivity index (χ0v) is 18.7. The van der Waals surface area contributed by atoms with Gasteiger partial charge in [-0.25, -0.2) is 9.36 Å². The van der Waals surface area contributed by atoms with Gasteiger partial charge in [-0.2, -0.15) is 0 Å². The van der Waals surface area contributed by atoms with Gasteiger partial charge in [0.25, 0.3) is 5.56 Å². The number of nitrogens with one attached hydrogen (secondary N) is 1. The van der Waals surface area contributed by atoms with Crippen molar-refractivity contribution < 1.29 is 4.79 Å². The van der Waals surface area contributed by atoms with Gasteiger partial charge in [0.15, 0.2) is 0 Å². The first-order chi connectivity index (χ1) is 14.3. The maximum absolute atomic E-state index is 13.3. The highest BCUT2D eigenvalue weighted by Crippen LogP contribution is 2.18. The van der Waals surface area contributed by atoms with Gasteiger partial charge in [0, 0.05) is 10.2 Å². The first kappa shape index (κ1) is 20.3. The van der Waals surface area contributed by atoms with Gasteiger partial charge in [-0.05, 0) is 72.8 Å². The third-order valence-electron chi connectivity index (χ3n) is 4.65. The quantitative estimate of drug-likeness (QED) is 0.471.